The number of benzene rings is 6. The van der Waals surface area contributed by atoms with Gasteiger partial charge in [0.25, 0.3) is 0 Å². The Kier molecular flexibility index (Phi) is 7.63. The third kappa shape index (κ3) is 5.10. The topological polar surface area (TPSA) is 47.9 Å². The zero-order valence-electron chi connectivity index (χ0n) is 30.7. The van der Waals surface area contributed by atoms with E-state index in [1.165, 1.54) is 27.8 Å². The number of aromatic nitrogens is 3. The summed E-state index contributed by atoms with van der Waals surface area (Å²) < 4.78 is 6.90. The van der Waals surface area contributed by atoms with E-state index in [2.05, 4.69) is 170 Å². The first-order valence-corrected chi connectivity index (χ1v) is 19.5. The lowest BCUT2D eigenvalue weighted by atomic mass is 9.60. The van der Waals surface area contributed by atoms with Crippen LogP contribution in [0.25, 0.3) is 56.2 Å². The van der Waals surface area contributed by atoms with Crippen LogP contribution in [0.4, 0.5) is 0 Å². The van der Waals surface area contributed by atoms with Gasteiger partial charge in [0.15, 0.2) is 17.5 Å². The summed E-state index contributed by atoms with van der Waals surface area (Å²) in [4.78, 5) is 15.1. The first-order chi connectivity index (χ1) is 27.8. The summed E-state index contributed by atoms with van der Waals surface area (Å²) in [6.45, 7) is 0. The zero-order valence-corrected chi connectivity index (χ0v) is 30.7. The Bertz CT molecular complexity index is 2750. The number of hydrogen-bond acceptors (Lipinski definition) is 4. The van der Waals surface area contributed by atoms with Crippen molar-refractivity contribution < 1.29 is 4.74 Å². The van der Waals surface area contributed by atoms with Crippen LogP contribution in [0.5, 0.6) is 5.75 Å². The molecule has 4 nitrogen and oxygen atoms in total. The number of hydrogen-bond donors (Lipinski definition) is 0. The molecule has 0 N–H and O–H groups in total. The number of rotatable bonds is 5. The van der Waals surface area contributed by atoms with Gasteiger partial charge in [-0.2, -0.15) is 0 Å². The summed E-state index contributed by atoms with van der Waals surface area (Å²) in [5.74, 6) is 3.12. The summed E-state index contributed by atoms with van der Waals surface area (Å²) in [5, 5.41) is 0. The van der Waals surface area contributed by atoms with E-state index < -0.39 is 0 Å². The van der Waals surface area contributed by atoms with Crippen molar-refractivity contribution in [2.45, 2.75) is 24.4 Å². The molecule has 1 aliphatic heterocycles. The minimum atomic E-state index is -0.349. The molecule has 0 saturated heterocycles. The van der Waals surface area contributed by atoms with Gasteiger partial charge in [-0.1, -0.05) is 176 Å². The highest BCUT2D eigenvalue weighted by Crippen LogP contribution is 2.62. The Hall–Kier alpha value is -6.91. The number of fused-ring (bicyclic) bond motifs is 9. The van der Waals surface area contributed by atoms with Crippen molar-refractivity contribution in [1.29, 1.82) is 0 Å². The van der Waals surface area contributed by atoms with Gasteiger partial charge in [0.2, 0.25) is 0 Å². The van der Waals surface area contributed by atoms with Crippen molar-refractivity contribution in [1.82, 2.24) is 15.0 Å². The summed E-state index contributed by atoms with van der Waals surface area (Å²) in [5.41, 5.74) is 13.8. The van der Waals surface area contributed by atoms with E-state index in [0.29, 0.717) is 11.6 Å². The van der Waals surface area contributed by atoms with E-state index in [1.54, 1.807) is 0 Å². The monoisotopic (exact) mass is 719 g/mol. The molecule has 11 rings (SSSR count). The van der Waals surface area contributed by atoms with E-state index in [4.69, 9.17) is 19.7 Å². The van der Waals surface area contributed by atoms with Crippen molar-refractivity contribution in [3.8, 4) is 50.8 Å². The average molecular weight is 720 g/mol. The number of nitrogens with zero attached hydrogens (tertiary/aromatic N) is 3. The lowest BCUT2D eigenvalue weighted by Gasteiger charge is -2.47. The minimum absolute atomic E-state index is 0.0866. The lowest BCUT2D eigenvalue weighted by molar-refractivity contribution is 0.142. The molecule has 0 radical (unpaired) electrons. The van der Waals surface area contributed by atoms with Gasteiger partial charge in [-0.05, 0) is 75.1 Å². The number of ether oxygens (including phenoxy) is 1. The molecule has 2 heterocycles. The fraction of sp³-hybridized carbons (Fsp3) is 0.0962. The number of para-hydroxylation sites is 1. The van der Waals surface area contributed by atoms with Crippen LogP contribution < -0.4 is 4.74 Å². The maximum atomic E-state index is 6.90. The molecule has 2 unspecified atom stereocenters. The van der Waals surface area contributed by atoms with Crippen molar-refractivity contribution >= 4 is 11.1 Å². The van der Waals surface area contributed by atoms with Crippen LogP contribution in [0.3, 0.4) is 0 Å². The first kappa shape index (κ1) is 32.5. The SMILES string of the molecule is C1=CCCC(c2nc(-c3ccccc3)nc(-c3ccccc3-c3ccc(C4=CC5Oc6ccccc6C6(c7ccccc7-c7ccccc76)C5C=C4)cc3)n2)=C1. The van der Waals surface area contributed by atoms with Crippen LogP contribution in [0.15, 0.2) is 188 Å². The van der Waals surface area contributed by atoms with E-state index in [-0.39, 0.29) is 17.4 Å². The van der Waals surface area contributed by atoms with Gasteiger partial charge in [-0.3, -0.25) is 0 Å². The summed E-state index contributed by atoms with van der Waals surface area (Å²) in [6.07, 6.45) is 15.2. The molecular formula is C52H37N3O. The largest absolute Gasteiger partial charge is 0.485 e. The third-order valence-corrected chi connectivity index (χ3v) is 11.9. The van der Waals surface area contributed by atoms with Crippen LogP contribution in [-0.2, 0) is 5.41 Å². The Labute approximate surface area is 327 Å². The van der Waals surface area contributed by atoms with Gasteiger partial charge >= 0.3 is 0 Å². The Morgan fingerprint density at radius 3 is 1.86 bits per heavy atom. The Morgan fingerprint density at radius 2 is 1.12 bits per heavy atom. The van der Waals surface area contributed by atoms with Crippen molar-refractivity contribution in [2.24, 2.45) is 5.92 Å². The smallest absolute Gasteiger partial charge is 0.164 e. The molecule has 0 fully saturated rings. The van der Waals surface area contributed by atoms with Crippen LogP contribution in [0.1, 0.15) is 40.9 Å². The first-order valence-electron chi connectivity index (χ1n) is 19.5. The van der Waals surface area contributed by atoms with Crippen molar-refractivity contribution in [3.05, 3.63) is 216 Å². The molecule has 266 valence electrons. The normalized spacial score (nSPS) is 18.2. The standard InChI is InChI=1S/C52H37N3O/c1-3-15-36(16-4-1)49-53-50(37-17-5-2-6-18-37)55-51(54-49)42-22-8-7-19-39(42)35-29-27-34(28-30-35)38-31-32-46-48(33-38)56-47-26-14-13-25-45(47)52(46)43-23-11-9-20-40(43)41-21-10-12-24-44(41)52/h1-5,7-17,19-33,46,48H,6,18H2. The van der Waals surface area contributed by atoms with Gasteiger partial charge in [0, 0.05) is 22.6 Å². The van der Waals surface area contributed by atoms with E-state index in [1.807, 2.05) is 18.2 Å². The molecule has 0 bridgehead atoms. The van der Waals surface area contributed by atoms with Crippen LogP contribution in [0.2, 0.25) is 0 Å². The highest BCUT2D eigenvalue weighted by molar-refractivity contribution is 5.87. The average Bonchev–Trinajstić information content (AvgIpc) is 3.57. The Balaban J connectivity index is 0.965. The number of allylic oxidation sites excluding steroid dienone is 6. The molecule has 3 aliphatic carbocycles. The predicted molar refractivity (Wildman–Crippen MR) is 226 cm³/mol. The van der Waals surface area contributed by atoms with E-state index >= 15 is 0 Å². The highest BCUT2D eigenvalue weighted by atomic mass is 16.5. The summed E-state index contributed by atoms with van der Waals surface area (Å²) >= 11 is 0. The van der Waals surface area contributed by atoms with Crippen LogP contribution >= 0.6 is 0 Å². The molecule has 2 atom stereocenters. The molecule has 1 aromatic heterocycles. The van der Waals surface area contributed by atoms with Crippen LogP contribution in [-0.4, -0.2) is 21.1 Å². The summed E-state index contributed by atoms with van der Waals surface area (Å²) in [7, 11) is 0. The minimum Gasteiger partial charge on any atom is -0.485 e. The molecule has 4 aliphatic rings. The highest BCUT2D eigenvalue weighted by Gasteiger charge is 2.55. The van der Waals surface area contributed by atoms with Gasteiger partial charge in [-0.25, -0.2) is 15.0 Å². The van der Waals surface area contributed by atoms with E-state index in [9.17, 15) is 0 Å². The molecular weight excluding hydrogens is 683 g/mol. The molecule has 1 spiro atoms. The van der Waals surface area contributed by atoms with Gasteiger partial charge in [-0.15, -0.1) is 0 Å². The Morgan fingerprint density at radius 1 is 0.518 bits per heavy atom. The molecule has 7 aromatic rings. The van der Waals surface area contributed by atoms with Crippen LogP contribution in [0, 0.1) is 5.92 Å². The zero-order chi connectivity index (χ0) is 37.1. The van der Waals surface area contributed by atoms with Gasteiger partial charge in [0.05, 0.1) is 5.41 Å². The quantitative estimate of drug-likeness (QED) is 0.178. The molecule has 0 amide bonds. The molecule has 56 heavy (non-hydrogen) atoms. The second-order valence-electron chi connectivity index (χ2n) is 14.9. The maximum Gasteiger partial charge on any atom is 0.164 e. The lowest BCUT2D eigenvalue weighted by Crippen LogP contribution is -2.47. The maximum absolute atomic E-state index is 6.90. The predicted octanol–water partition coefficient (Wildman–Crippen LogP) is 12.0. The molecule has 4 heteroatoms. The van der Waals surface area contributed by atoms with Crippen molar-refractivity contribution in [3.63, 3.8) is 0 Å². The van der Waals surface area contributed by atoms with Gasteiger partial charge < -0.3 is 4.74 Å². The second kappa shape index (κ2) is 13.1. The molecule has 0 saturated carbocycles. The third-order valence-electron chi connectivity index (χ3n) is 11.9. The fourth-order valence-electron chi connectivity index (χ4n) is 9.40. The second-order valence-corrected chi connectivity index (χ2v) is 14.9. The van der Waals surface area contributed by atoms with Gasteiger partial charge in [0.1, 0.15) is 11.9 Å². The van der Waals surface area contributed by atoms with Crippen molar-refractivity contribution in [2.75, 3.05) is 0 Å². The summed E-state index contributed by atoms with van der Waals surface area (Å²) in [6, 6.07) is 54.0. The fourth-order valence-corrected chi connectivity index (χ4v) is 9.40. The molecule has 6 aromatic carbocycles. The van der Waals surface area contributed by atoms with E-state index in [0.717, 1.165) is 63.4 Å².